The molecule has 0 fully saturated rings. The van der Waals surface area contributed by atoms with Gasteiger partial charge < -0.3 is 10.1 Å². The zero-order valence-corrected chi connectivity index (χ0v) is 13.0. The van der Waals surface area contributed by atoms with E-state index in [1.165, 1.54) is 0 Å². The van der Waals surface area contributed by atoms with Gasteiger partial charge in [-0.15, -0.1) is 0 Å². The molecular weight excluding hydrogens is 278 g/mol. The van der Waals surface area contributed by atoms with Crippen molar-refractivity contribution in [2.24, 2.45) is 0 Å². The summed E-state index contributed by atoms with van der Waals surface area (Å²) in [5.74, 6) is -0.843. The van der Waals surface area contributed by atoms with Crippen LogP contribution >= 0.6 is 0 Å². The molecule has 2 aromatic rings. The molecule has 1 N–H and O–H groups in total. The minimum absolute atomic E-state index is 0.305. The number of esters is 1. The Morgan fingerprint density at radius 2 is 1.77 bits per heavy atom. The van der Waals surface area contributed by atoms with E-state index in [4.69, 9.17) is 4.74 Å². The number of hydrogen-bond donors (Lipinski definition) is 1. The van der Waals surface area contributed by atoms with Gasteiger partial charge in [0.25, 0.3) is 5.91 Å². The average Bonchev–Trinajstić information content (AvgIpc) is 2.47. The summed E-state index contributed by atoms with van der Waals surface area (Å²) in [6.45, 7) is 5.42. The summed E-state index contributed by atoms with van der Waals surface area (Å²) in [5.41, 5.74) is 4.10. The Hall–Kier alpha value is -2.62. The Bertz CT molecular complexity index is 707. The maximum atomic E-state index is 12.0. The van der Waals surface area contributed by atoms with E-state index in [9.17, 15) is 9.59 Å². The van der Waals surface area contributed by atoms with Gasteiger partial charge in [0.1, 0.15) is 0 Å². The molecule has 22 heavy (non-hydrogen) atoms. The second-order valence-electron chi connectivity index (χ2n) is 5.24. The second kappa shape index (κ2) is 6.89. The molecule has 0 aliphatic carbocycles. The highest BCUT2D eigenvalue weighted by Crippen LogP contribution is 2.14. The molecule has 0 saturated carbocycles. The lowest BCUT2D eigenvalue weighted by molar-refractivity contribution is -0.119. The fraction of sp³-hybridized carbons (Fsp3) is 0.222. The van der Waals surface area contributed by atoms with Gasteiger partial charge in [-0.25, -0.2) is 4.79 Å². The highest BCUT2D eigenvalue weighted by molar-refractivity contribution is 5.96. The van der Waals surface area contributed by atoms with Crippen LogP contribution in [0.2, 0.25) is 0 Å². The van der Waals surface area contributed by atoms with Gasteiger partial charge >= 0.3 is 5.97 Å². The first-order valence-electron chi connectivity index (χ1n) is 7.07. The largest absolute Gasteiger partial charge is 0.452 e. The molecular formula is C18H19NO3. The number of aryl methyl sites for hydroxylation is 2. The van der Waals surface area contributed by atoms with E-state index in [1.807, 2.05) is 45.0 Å². The predicted molar refractivity (Wildman–Crippen MR) is 86.0 cm³/mol. The Kier molecular flexibility index (Phi) is 4.94. The van der Waals surface area contributed by atoms with Crippen LogP contribution in [-0.2, 0) is 9.53 Å². The van der Waals surface area contributed by atoms with Crippen LogP contribution in [0.3, 0.4) is 0 Å². The van der Waals surface area contributed by atoms with Crippen molar-refractivity contribution in [2.75, 3.05) is 11.9 Å². The molecule has 0 bridgehead atoms. The molecule has 2 rings (SSSR count). The summed E-state index contributed by atoms with van der Waals surface area (Å²) in [6, 6.07) is 12.9. The summed E-state index contributed by atoms with van der Waals surface area (Å²) >= 11 is 0. The fourth-order valence-electron chi connectivity index (χ4n) is 2.10. The number of anilines is 1. The van der Waals surface area contributed by atoms with Crippen LogP contribution in [0.4, 0.5) is 5.69 Å². The zero-order valence-electron chi connectivity index (χ0n) is 13.0. The lowest BCUT2D eigenvalue weighted by atomic mass is 10.0. The highest BCUT2D eigenvalue weighted by Gasteiger charge is 2.13. The quantitative estimate of drug-likeness (QED) is 0.880. The lowest BCUT2D eigenvalue weighted by Crippen LogP contribution is -2.21. The van der Waals surface area contributed by atoms with Gasteiger partial charge in [-0.2, -0.15) is 0 Å². The summed E-state index contributed by atoms with van der Waals surface area (Å²) < 4.78 is 5.08. The van der Waals surface area contributed by atoms with Crippen LogP contribution in [0, 0.1) is 20.8 Å². The normalized spacial score (nSPS) is 10.1. The molecule has 0 spiro atoms. The first-order valence-corrected chi connectivity index (χ1v) is 7.07. The minimum atomic E-state index is -0.486. The Morgan fingerprint density at radius 1 is 1.05 bits per heavy atom. The standard InChI is InChI=1S/C18H19NO3/c1-12-6-4-8-15(10-12)19-17(20)11-22-18(21)16-9-5-7-13(2)14(16)3/h4-10H,11H2,1-3H3,(H,19,20). The van der Waals surface area contributed by atoms with E-state index in [-0.39, 0.29) is 12.5 Å². The van der Waals surface area contributed by atoms with E-state index < -0.39 is 5.97 Å². The van der Waals surface area contributed by atoms with E-state index in [0.29, 0.717) is 11.3 Å². The molecule has 0 atom stereocenters. The zero-order chi connectivity index (χ0) is 16.1. The SMILES string of the molecule is Cc1cccc(NC(=O)COC(=O)c2cccc(C)c2C)c1. The van der Waals surface area contributed by atoms with Crippen LogP contribution in [0.25, 0.3) is 0 Å². The average molecular weight is 297 g/mol. The molecule has 0 aliphatic rings. The second-order valence-corrected chi connectivity index (χ2v) is 5.24. The molecule has 1 amide bonds. The summed E-state index contributed by atoms with van der Waals surface area (Å²) in [5, 5.41) is 2.70. The lowest BCUT2D eigenvalue weighted by Gasteiger charge is -2.09. The van der Waals surface area contributed by atoms with Crippen LogP contribution in [0.1, 0.15) is 27.0 Å². The Labute approximate surface area is 130 Å². The third kappa shape index (κ3) is 3.95. The number of hydrogen-bond acceptors (Lipinski definition) is 3. The van der Waals surface area contributed by atoms with Crippen molar-refractivity contribution < 1.29 is 14.3 Å². The number of amides is 1. The smallest absolute Gasteiger partial charge is 0.338 e. The number of benzene rings is 2. The highest BCUT2D eigenvalue weighted by atomic mass is 16.5. The molecule has 0 aliphatic heterocycles. The van der Waals surface area contributed by atoms with Gasteiger partial charge in [-0.05, 0) is 55.7 Å². The molecule has 4 nitrogen and oxygen atoms in total. The maximum Gasteiger partial charge on any atom is 0.338 e. The van der Waals surface area contributed by atoms with Gasteiger partial charge in [-0.3, -0.25) is 4.79 Å². The molecule has 0 saturated heterocycles. The molecule has 0 heterocycles. The predicted octanol–water partition coefficient (Wildman–Crippen LogP) is 3.41. The van der Waals surface area contributed by atoms with E-state index in [1.54, 1.807) is 18.2 Å². The van der Waals surface area contributed by atoms with E-state index in [0.717, 1.165) is 16.7 Å². The number of ether oxygens (including phenoxy) is 1. The molecule has 0 radical (unpaired) electrons. The molecule has 0 aromatic heterocycles. The van der Waals surface area contributed by atoms with Gasteiger partial charge in [0, 0.05) is 5.69 Å². The van der Waals surface area contributed by atoms with Crippen molar-refractivity contribution in [1.82, 2.24) is 0 Å². The third-order valence-corrected chi connectivity index (χ3v) is 3.46. The first kappa shape index (κ1) is 15.8. The molecule has 4 heteroatoms. The van der Waals surface area contributed by atoms with Crippen molar-refractivity contribution in [1.29, 1.82) is 0 Å². The molecule has 2 aromatic carbocycles. The van der Waals surface area contributed by atoms with Gasteiger partial charge in [-0.1, -0.05) is 24.3 Å². The van der Waals surface area contributed by atoms with Crippen LogP contribution in [0.5, 0.6) is 0 Å². The molecule has 0 unspecified atom stereocenters. The van der Waals surface area contributed by atoms with Crippen LogP contribution in [-0.4, -0.2) is 18.5 Å². The minimum Gasteiger partial charge on any atom is -0.452 e. The van der Waals surface area contributed by atoms with Crippen molar-refractivity contribution in [3.63, 3.8) is 0 Å². The number of nitrogens with one attached hydrogen (secondary N) is 1. The van der Waals surface area contributed by atoms with Crippen molar-refractivity contribution in [2.45, 2.75) is 20.8 Å². The number of carbonyl (C=O) groups excluding carboxylic acids is 2. The topological polar surface area (TPSA) is 55.4 Å². The third-order valence-electron chi connectivity index (χ3n) is 3.46. The fourth-order valence-corrected chi connectivity index (χ4v) is 2.10. The van der Waals surface area contributed by atoms with Crippen molar-refractivity contribution in [3.8, 4) is 0 Å². The summed E-state index contributed by atoms with van der Waals surface area (Å²) in [7, 11) is 0. The van der Waals surface area contributed by atoms with Crippen LogP contribution in [0.15, 0.2) is 42.5 Å². The number of rotatable bonds is 4. The van der Waals surface area contributed by atoms with Crippen molar-refractivity contribution in [3.05, 3.63) is 64.7 Å². The van der Waals surface area contributed by atoms with Gasteiger partial charge in [0.2, 0.25) is 0 Å². The van der Waals surface area contributed by atoms with Crippen molar-refractivity contribution >= 4 is 17.6 Å². The summed E-state index contributed by atoms with van der Waals surface area (Å²) in [6.07, 6.45) is 0. The Morgan fingerprint density at radius 3 is 2.50 bits per heavy atom. The van der Waals surface area contributed by atoms with Gasteiger partial charge in [0.15, 0.2) is 6.61 Å². The van der Waals surface area contributed by atoms with Crippen LogP contribution < -0.4 is 5.32 Å². The first-order chi connectivity index (χ1) is 10.5. The van der Waals surface area contributed by atoms with Gasteiger partial charge in [0.05, 0.1) is 5.56 Å². The number of carbonyl (C=O) groups is 2. The molecule has 114 valence electrons. The summed E-state index contributed by atoms with van der Waals surface area (Å²) in [4.78, 5) is 23.8. The maximum absolute atomic E-state index is 12.0. The Balaban J connectivity index is 1.93. The van der Waals surface area contributed by atoms with E-state index >= 15 is 0 Å². The monoisotopic (exact) mass is 297 g/mol. The van der Waals surface area contributed by atoms with E-state index in [2.05, 4.69) is 5.32 Å².